The molecule has 2 nitrogen and oxygen atoms in total. The minimum atomic E-state index is 1.11. The van der Waals surface area contributed by atoms with Gasteiger partial charge < -0.3 is 9.80 Å². The third-order valence-corrected chi connectivity index (χ3v) is 12.4. The minimum Gasteiger partial charge on any atom is -0.311 e. The maximum atomic E-state index is 2.36. The van der Waals surface area contributed by atoms with E-state index in [1.807, 2.05) is 0 Å². The molecule has 10 aromatic carbocycles. The maximum absolute atomic E-state index is 2.36. The molecular formula is C64H46N2. The van der Waals surface area contributed by atoms with Crippen molar-refractivity contribution in [2.45, 2.75) is 0 Å². The van der Waals surface area contributed by atoms with Gasteiger partial charge in [0, 0.05) is 34.1 Å². The highest BCUT2D eigenvalue weighted by Crippen LogP contribution is 2.48. The highest BCUT2D eigenvalue weighted by Gasteiger charge is 2.22. The topological polar surface area (TPSA) is 6.48 Å². The number of hydrogen-bond donors (Lipinski definition) is 0. The Labute approximate surface area is 388 Å². The Morgan fingerprint density at radius 1 is 0.182 bits per heavy atom. The van der Waals surface area contributed by atoms with Crippen LogP contribution >= 0.6 is 0 Å². The highest BCUT2D eigenvalue weighted by atomic mass is 15.1. The predicted molar refractivity (Wildman–Crippen MR) is 282 cm³/mol. The van der Waals surface area contributed by atoms with Gasteiger partial charge in [-0.3, -0.25) is 0 Å². The Bertz CT molecular complexity index is 3010. The molecule has 0 aliphatic heterocycles. The molecule has 1 aliphatic rings. The largest absolute Gasteiger partial charge is 0.311 e. The van der Waals surface area contributed by atoms with E-state index in [0.717, 1.165) is 56.4 Å². The highest BCUT2D eigenvalue weighted by molar-refractivity contribution is 6.04. The lowest BCUT2D eigenvalue weighted by Gasteiger charge is -2.25. The zero-order valence-corrected chi connectivity index (χ0v) is 36.5. The van der Waals surface area contributed by atoms with Crippen LogP contribution in [0.1, 0.15) is 22.3 Å². The molecule has 1 aliphatic carbocycles. The zero-order chi connectivity index (χ0) is 44.1. The molecule has 0 spiro atoms. The SMILES string of the molecule is C(=C\c1ccc2c(c1)-c1ccccc1-c1ccccc1-c1cc(/C=C/c3ccc(N(c4ccccc4)c4ccccc4)cc3)ccc1-2)/c1ccc(N(c2ccccc2)c2ccccc2)cc1. The Morgan fingerprint density at radius 2 is 0.409 bits per heavy atom. The van der Waals surface area contributed by atoms with Crippen LogP contribution in [0.5, 0.6) is 0 Å². The fourth-order valence-corrected chi connectivity index (χ4v) is 9.21. The van der Waals surface area contributed by atoms with Gasteiger partial charge in [0.25, 0.3) is 0 Å². The van der Waals surface area contributed by atoms with Crippen molar-refractivity contribution in [2.75, 3.05) is 9.80 Å². The molecular weight excluding hydrogens is 797 g/mol. The molecule has 66 heavy (non-hydrogen) atoms. The normalized spacial score (nSPS) is 11.5. The van der Waals surface area contributed by atoms with E-state index in [1.54, 1.807) is 0 Å². The van der Waals surface area contributed by atoms with Crippen molar-refractivity contribution < 1.29 is 0 Å². The van der Waals surface area contributed by atoms with Gasteiger partial charge in [-0.15, -0.1) is 0 Å². The van der Waals surface area contributed by atoms with Crippen molar-refractivity contribution >= 4 is 58.4 Å². The van der Waals surface area contributed by atoms with Crippen LogP contribution in [-0.4, -0.2) is 0 Å². The lowest BCUT2D eigenvalue weighted by atomic mass is 9.80. The van der Waals surface area contributed by atoms with E-state index in [0.29, 0.717) is 0 Å². The van der Waals surface area contributed by atoms with Crippen LogP contribution < -0.4 is 9.80 Å². The van der Waals surface area contributed by atoms with Crippen molar-refractivity contribution in [3.63, 3.8) is 0 Å². The lowest BCUT2D eigenvalue weighted by Crippen LogP contribution is -2.09. The molecule has 0 bridgehead atoms. The molecule has 0 atom stereocenters. The average molecular weight is 843 g/mol. The first kappa shape index (κ1) is 40.1. The van der Waals surface area contributed by atoms with Crippen molar-refractivity contribution in [1.82, 2.24) is 0 Å². The van der Waals surface area contributed by atoms with Gasteiger partial charge in [-0.05, 0) is 152 Å². The monoisotopic (exact) mass is 842 g/mol. The number of benzene rings is 10. The van der Waals surface area contributed by atoms with Crippen LogP contribution in [0.15, 0.2) is 255 Å². The number of fused-ring (bicyclic) bond motifs is 8. The summed E-state index contributed by atoms with van der Waals surface area (Å²) in [5.41, 5.74) is 21.2. The molecule has 2 heteroatoms. The van der Waals surface area contributed by atoms with Crippen LogP contribution in [0.4, 0.5) is 34.1 Å². The lowest BCUT2D eigenvalue weighted by molar-refractivity contribution is 1.28. The number of nitrogens with zero attached hydrogens (tertiary/aromatic N) is 2. The van der Waals surface area contributed by atoms with E-state index in [-0.39, 0.29) is 0 Å². The molecule has 0 saturated carbocycles. The standard InChI is InChI=1S/C64H46N2/c1-5-17-51(18-6-1)65(52-19-7-2-8-20-52)55-39-33-47(34-40-55)29-31-49-37-43-61-62-44-38-50(46-64(62)60-28-16-14-26-58(60)57-25-13-15-27-59(57)63(61)45-49)32-30-48-35-41-56(42-36-48)66(53-21-9-3-10-22-53)54-23-11-4-12-24-54/h1-46H/b31-29+,32-30+,58-57?,62-61?,63-59?,64-60?. The van der Waals surface area contributed by atoms with Gasteiger partial charge in [0.1, 0.15) is 0 Å². The number of para-hydroxylation sites is 4. The summed E-state index contributed by atoms with van der Waals surface area (Å²) >= 11 is 0. The van der Waals surface area contributed by atoms with Gasteiger partial charge in [0.15, 0.2) is 0 Å². The van der Waals surface area contributed by atoms with Gasteiger partial charge in [-0.1, -0.05) is 194 Å². The van der Waals surface area contributed by atoms with Gasteiger partial charge in [0.2, 0.25) is 0 Å². The van der Waals surface area contributed by atoms with E-state index >= 15 is 0 Å². The van der Waals surface area contributed by atoms with Crippen molar-refractivity contribution in [3.05, 3.63) is 277 Å². The molecule has 0 unspecified atom stereocenters. The van der Waals surface area contributed by atoms with Gasteiger partial charge >= 0.3 is 0 Å². The third-order valence-electron chi connectivity index (χ3n) is 12.4. The number of rotatable bonds is 10. The summed E-state index contributed by atoms with van der Waals surface area (Å²) in [6, 6.07) is 91.3. The van der Waals surface area contributed by atoms with Crippen molar-refractivity contribution in [2.24, 2.45) is 0 Å². The van der Waals surface area contributed by atoms with Crippen LogP contribution in [0.3, 0.4) is 0 Å². The maximum Gasteiger partial charge on any atom is 0.0462 e. The Kier molecular flexibility index (Phi) is 11.0. The summed E-state index contributed by atoms with van der Waals surface area (Å²) in [7, 11) is 0. The van der Waals surface area contributed by atoms with E-state index in [2.05, 4.69) is 289 Å². The molecule has 0 amide bonds. The quantitative estimate of drug-likeness (QED) is 0.127. The summed E-state index contributed by atoms with van der Waals surface area (Å²) in [6.07, 6.45) is 8.90. The van der Waals surface area contributed by atoms with Crippen LogP contribution in [-0.2, 0) is 0 Å². The smallest absolute Gasteiger partial charge is 0.0462 e. The van der Waals surface area contributed by atoms with Gasteiger partial charge in [-0.25, -0.2) is 0 Å². The van der Waals surface area contributed by atoms with E-state index in [9.17, 15) is 0 Å². The first-order valence-electron chi connectivity index (χ1n) is 22.6. The summed E-state index contributed by atoms with van der Waals surface area (Å²) in [6.45, 7) is 0. The van der Waals surface area contributed by atoms with Gasteiger partial charge in [-0.2, -0.15) is 0 Å². The Morgan fingerprint density at radius 3 is 0.727 bits per heavy atom. The first-order chi connectivity index (χ1) is 32.7. The second-order valence-electron chi connectivity index (χ2n) is 16.6. The Hall–Kier alpha value is -8.72. The van der Waals surface area contributed by atoms with Crippen LogP contribution in [0.25, 0.3) is 68.8 Å². The molecule has 312 valence electrons. The summed E-state index contributed by atoms with van der Waals surface area (Å²) in [4.78, 5) is 4.58. The summed E-state index contributed by atoms with van der Waals surface area (Å²) < 4.78 is 0. The number of anilines is 6. The Balaban J connectivity index is 0.911. The molecule has 0 heterocycles. The van der Waals surface area contributed by atoms with Crippen molar-refractivity contribution in [1.29, 1.82) is 0 Å². The van der Waals surface area contributed by atoms with E-state index in [1.165, 1.54) is 44.5 Å². The first-order valence-corrected chi connectivity index (χ1v) is 22.6. The zero-order valence-electron chi connectivity index (χ0n) is 36.5. The predicted octanol–water partition coefficient (Wildman–Crippen LogP) is 17.9. The third kappa shape index (κ3) is 8.16. The molecule has 11 rings (SSSR count). The molecule has 0 fully saturated rings. The average Bonchev–Trinajstić information content (AvgIpc) is 3.39. The minimum absolute atomic E-state index is 1.11. The second kappa shape index (κ2) is 18.2. The van der Waals surface area contributed by atoms with Gasteiger partial charge in [0.05, 0.1) is 0 Å². The van der Waals surface area contributed by atoms with Crippen LogP contribution in [0, 0.1) is 0 Å². The van der Waals surface area contributed by atoms with E-state index in [4.69, 9.17) is 0 Å². The van der Waals surface area contributed by atoms with Crippen LogP contribution in [0.2, 0.25) is 0 Å². The van der Waals surface area contributed by atoms with Crippen molar-refractivity contribution in [3.8, 4) is 44.5 Å². The molecule has 0 saturated heterocycles. The number of hydrogen-bond acceptors (Lipinski definition) is 2. The van der Waals surface area contributed by atoms with E-state index < -0.39 is 0 Å². The molecule has 0 N–H and O–H groups in total. The molecule has 0 radical (unpaired) electrons. The summed E-state index contributed by atoms with van der Waals surface area (Å²) in [5, 5.41) is 0. The fourth-order valence-electron chi connectivity index (χ4n) is 9.21. The fraction of sp³-hybridized carbons (Fsp3) is 0. The molecule has 10 aromatic rings. The summed E-state index contributed by atoms with van der Waals surface area (Å²) in [5.74, 6) is 0. The molecule has 0 aromatic heterocycles. The second-order valence-corrected chi connectivity index (χ2v) is 16.6.